The minimum absolute atomic E-state index is 0.00331. The van der Waals surface area contributed by atoms with Crippen molar-refractivity contribution in [2.45, 2.75) is 32.5 Å². The van der Waals surface area contributed by atoms with Crippen molar-refractivity contribution in [1.29, 1.82) is 0 Å². The van der Waals surface area contributed by atoms with Crippen molar-refractivity contribution >= 4 is 34.6 Å². The fourth-order valence-electron chi connectivity index (χ4n) is 4.91. The van der Waals surface area contributed by atoms with Gasteiger partial charge < -0.3 is 29.3 Å². The summed E-state index contributed by atoms with van der Waals surface area (Å²) in [7, 11) is 1.49. The summed E-state index contributed by atoms with van der Waals surface area (Å²) in [5, 5.41) is 6.97. The van der Waals surface area contributed by atoms with Gasteiger partial charge in [0.15, 0.2) is 5.11 Å². The Bertz CT molecular complexity index is 1380. The SMILES string of the molecule is COCC(=O)Nc1ccc(N2C(=S)NC(c3ccccn3)C2c2cc(C)n(Cc3ccco3)c2C)cc1. The van der Waals surface area contributed by atoms with Crippen molar-refractivity contribution in [2.75, 3.05) is 23.9 Å². The zero-order chi connectivity index (χ0) is 25.9. The third-order valence-electron chi connectivity index (χ3n) is 6.63. The molecule has 8 nitrogen and oxygen atoms in total. The molecule has 37 heavy (non-hydrogen) atoms. The number of nitrogens with zero attached hydrogens (tertiary/aromatic N) is 3. The molecule has 1 saturated heterocycles. The Morgan fingerprint density at radius 1 is 1.16 bits per heavy atom. The van der Waals surface area contributed by atoms with E-state index in [2.05, 4.69) is 45.0 Å². The number of aromatic nitrogens is 2. The van der Waals surface area contributed by atoms with E-state index in [1.54, 1.807) is 12.5 Å². The number of ether oxygens (including phenoxy) is 1. The topological polar surface area (TPSA) is 84.6 Å². The standard InChI is InChI=1S/C28H29N5O3S/c1-18-15-23(19(2)32(18)16-22-7-6-14-36-22)27-26(24-8-4-5-13-29-24)31-28(37)33(27)21-11-9-20(10-12-21)30-25(34)17-35-3/h4-15,26-27H,16-17H2,1-3H3,(H,30,34)(H,31,37). The lowest BCUT2D eigenvalue weighted by Gasteiger charge is -2.28. The minimum Gasteiger partial charge on any atom is -0.467 e. The maximum atomic E-state index is 11.9. The molecule has 5 rings (SSSR count). The number of hydrogen-bond acceptors (Lipinski definition) is 5. The molecule has 1 aliphatic heterocycles. The van der Waals surface area contributed by atoms with Crippen molar-refractivity contribution in [2.24, 2.45) is 0 Å². The Morgan fingerprint density at radius 2 is 1.97 bits per heavy atom. The Hall–Kier alpha value is -3.95. The average Bonchev–Trinajstić information content (AvgIpc) is 3.60. The molecule has 0 spiro atoms. The van der Waals surface area contributed by atoms with Crippen molar-refractivity contribution in [3.8, 4) is 0 Å². The van der Waals surface area contributed by atoms with Crippen LogP contribution in [-0.2, 0) is 16.1 Å². The monoisotopic (exact) mass is 515 g/mol. The summed E-state index contributed by atoms with van der Waals surface area (Å²) >= 11 is 5.87. The average molecular weight is 516 g/mol. The Kier molecular flexibility index (Phi) is 7.07. The second-order valence-corrected chi connectivity index (χ2v) is 9.40. The number of benzene rings is 1. The Balaban J connectivity index is 1.54. The third kappa shape index (κ3) is 5.00. The number of carbonyl (C=O) groups excluding carboxylic acids is 1. The smallest absolute Gasteiger partial charge is 0.250 e. The quantitative estimate of drug-likeness (QED) is 0.323. The zero-order valence-corrected chi connectivity index (χ0v) is 21.8. The molecule has 9 heteroatoms. The van der Waals surface area contributed by atoms with Gasteiger partial charge in [-0.15, -0.1) is 0 Å². The Morgan fingerprint density at radius 3 is 2.65 bits per heavy atom. The van der Waals surface area contributed by atoms with Gasteiger partial charge in [-0.25, -0.2) is 0 Å². The molecular weight excluding hydrogens is 486 g/mol. The van der Waals surface area contributed by atoms with Crippen LogP contribution in [0.15, 0.2) is 77.5 Å². The molecule has 1 aromatic carbocycles. The number of furan rings is 1. The molecule has 4 heterocycles. The summed E-state index contributed by atoms with van der Waals surface area (Å²) in [6, 6.07) is 19.4. The van der Waals surface area contributed by atoms with Gasteiger partial charge >= 0.3 is 0 Å². The molecule has 3 aromatic heterocycles. The number of hydrogen-bond donors (Lipinski definition) is 2. The largest absolute Gasteiger partial charge is 0.467 e. The first-order valence-electron chi connectivity index (χ1n) is 12.0. The van der Waals surface area contributed by atoms with Crippen LogP contribution in [0.4, 0.5) is 11.4 Å². The lowest BCUT2D eigenvalue weighted by atomic mass is 9.96. The van der Waals surface area contributed by atoms with Crippen molar-refractivity contribution < 1.29 is 13.9 Å². The summed E-state index contributed by atoms with van der Waals surface area (Å²) < 4.78 is 12.8. The molecule has 2 N–H and O–H groups in total. The summed E-state index contributed by atoms with van der Waals surface area (Å²) in [6.07, 6.45) is 3.50. The number of aryl methyl sites for hydroxylation is 1. The van der Waals surface area contributed by atoms with Crippen molar-refractivity contribution in [1.82, 2.24) is 14.9 Å². The van der Waals surface area contributed by atoms with Crippen LogP contribution in [0.25, 0.3) is 0 Å². The van der Waals surface area contributed by atoms with Gasteiger partial charge in [0.25, 0.3) is 0 Å². The maximum absolute atomic E-state index is 11.9. The van der Waals surface area contributed by atoms with E-state index in [0.717, 1.165) is 34.1 Å². The van der Waals surface area contributed by atoms with E-state index >= 15 is 0 Å². The molecule has 2 atom stereocenters. The molecule has 1 aliphatic rings. The van der Waals surface area contributed by atoms with Crippen LogP contribution >= 0.6 is 12.2 Å². The molecule has 190 valence electrons. The van der Waals surface area contributed by atoms with E-state index in [9.17, 15) is 4.79 Å². The third-order valence-corrected chi connectivity index (χ3v) is 6.94. The molecule has 0 bridgehead atoms. The number of methoxy groups -OCH3 is 1. The predicted molar refractivity (Wildman–Crippen MR) is 147 cm³/mol. The van der Waals surface area contributed by atoms with Crippen LogP contribution in [0.5, 0.6) is 0 Å². The van der Waals surface area contributed by atoms with Gasteiger partial charge in [-0.1, -0.05) is 6.07 Å². The van der Waals surface area contributed by atoms with Crippen LogP contribution < -0.4 is 15.5 Å². The fraction of sp³-hybridized carbons (Fsp3) is 0.250. The van der Waals surface area contributed by atoms with E-state index in [1.807, 2.05) is 54.6 Å². The van der Waals surface area contributed by atoms with E-state index < -0.39 is 0 Å². The minimum atomic E-state index is -0.203. The lowest BCUT2D eigenvalue weighted by molar-refractivity contribution is -0.119. The summed E-state index contributed by atoms with van der Waals surface area (Å²) in [6.45, 7) is 4.90. The number of pyridine rings is 1. The van der Waals surface area contributed by atoms with Gasteiger partial charge in [-0.2, -0.15) is 0 Å². The van der Waals surface area contributed by atoms with E-state index in [-0.39, 0.29) is 24.6 Å². The number of rotatable bonds is 8. The second-order valence-electron chi connectivity index (χ2n) is 9.02. The number of thiocarbonyl (C=S) groups is 1. The van der Waals surface area contributed by atoms with Gasteiger partial charge in [0, 0.05) is 36.1 Å². The van der Waals surface area contributed by atoms with Gasteiger partial charge in [0.1, 0.15) is 12.4 Å². The lowest BCUT2D eigenvalue weighted by Crippen LogP contribution is -2.29. The summed E-state index contributed by atoms with van der Waals surface area (Å²) in [5.74, 6) is 0.698. The maximum Gasteiger partial charge on any atom is 0.250 e. The fourth-order valence-corrected chi connectivity index (χ4v) is 5.26. The highest BCUT2D eigenvalue weighted by Crippen LogP contribution is 2.43. The Labute approximate surface area is 221 Å². The van der Waals surface area contributed by atoms with Gasteiger partial charge in [-0.3, -0.25) is 9.78 Å². The summed E-state index contributed by atoms with van der Waals surface area (Å²) in [5.41, 5.74) is 5.96. The molecule has 2 unspecified atom stereocenters. The first-order chi connectivity index (χ1) is 18.0. The second kappa shape index (κ2) is 10.6. The van der Waals surface area contributed by atoms with Gasteiger partial charge in [0.05, 0.1) is 30.6 Å². The van der Waals surface area contributed by atoms with Crippen molar-refractivity contribution in [3.05, 3.63) is 102 Å². The molecule has 0 saturated carbocycles. The molecule has 1 fully saturated rings. The molecule has 0 radical (unpaired) electrons. The van der Waals surface area contributed by atoms with Crippen LogP contribution in [0.3, 0.4) is 0 Å². The highest BCUT2D eigenvalue weighted by atomic mass is 32.1. The normalized spacial score (nSPS) is 17.2. The van der Waals surface area contributed by atoms with Gasteiger partial charge in [-0.05, 0) is 86.2 Å². The summed E-state index contributed by atoms with van der Waals surface area (Å²) in [4.78, 5) is 18.7. The number of carbonyl (C=O) groups is 1. The molecule has 4 aromatic rings. The molecule has 1 amide bonds. The number of amides is 1. The zero-order valence-electron chi connectivity index (χ0n) is 21.0. The highest BCUT2D eigenvalue weighted by Gasteiger charge is 2.42. The van der Waals surface area contributed by atoms with Crippen LogP contribution in [-0.4, -0.2) is 34.3 Å². The van der Waals surface area contributed by atoms with Crippen LogP contribution in [0.1, 0.15) is 40.5 Å². The van der Waals surface area contributed by atoms with Crippen LogP contribution in [0, 0.1) is 13.8 Å². The first kappa shape index (κ1) is 24.7. The predicted octanol–water partition coefficient (Wildman–Crippen LogP) is 4.90. The first-order valence-corrected chi connectivity index (χ1v) is 12.5. The number of anilines is 2. The molecular formula is C28H29N5O3S. The molecule has 0 aliphatic carbocycles. The van der Waals surface area contributed by atoms with Crippen molar-refractivity contribution in [3.63, 3.8) is 0 Å². The van der Waals surface area contributed by atoms with Crippen LogP contribution in [0.2, 0.25) is 0 Å². The van der Waals surface area contributed by atoms with E-state index in [4.69, 9.17) is 21.4 Å². The highest BCUT2D eigenvalue weighted by molar-refractivity contribution is 7.80. The number of nitrogens with one attached hydrogen (secondary N) is 2. The van der Waals surface area contributed by atoms with E-state index in [0.29, 0.717) is 17.3 Å². The van der Waals surface area contributed by atoms with Gasteiger partial charge in [0.2, 0.25) is 5.91 Å². The van der Waals surface area contributed by atoms with E-state index in [1.165, 1.54) is 7.11 Å².